The highest BCUT2D eigenvalue weighted by atomic mass is 19.4. The molecule has 0 amide bonds. The molecule has 1 rings (SSSR count). The van der Waals surface area contributed by atoms with Gasteiger partial charge in [-0.05, 0) is 19.9 Å². The predicted octanol–water partition coefficient (Wildman–Crippen LogP) is 1.25. The number of alkyl halides is 3. The molecule has 1 heterocycles. The number of rotatable bonds is 2. The third kappa shape index (κ3) is 1.89. The predicted molar refractivity (Wildman–Crippen MR) is 45.7 cm³/mol. The van der Waals surface area contributed by atoms with Gasteiger partial charge in [0.2, 0.25) is 0 Å². The number of nitrogens with zero attached hydrogens (tertiary/aromatic N) is 2. The quantitative estimate of drug-likeness (QED) is 0.793. The van der Waals surface area contributed by atoms with Crippen molar-refractivity contribution in [2.75, 3.05) is 6.54 Å². The molecule has 80 valence electrons. The number of halogens is 3. The highest BCUT2D eigenvalue weighted by molar-refractivity contribution is 5.28. The van der Waals surface area contributed by atoms with Crippen molar-refractivity contribution in [1.82, 2.24) is 9.78 Å². The Kier molecular flexibility index (Phi) is 2.84. The zero-order valence-electron chi connectivity index (χ0n) is 8.02. The average Bonchev–Trinajstić information content (AvgIpc) is 2.26. The fraction of sp³-hybridized carbons (Fsp3) is 0.625. The van der Waals surface area contributed by atoms with Gasteiger partial charge in [-0.2, -0.15) is 18.3 Å². The molecule has 0 saturated heterocycles. The van der Waals surface area contributed by atoms with Crippen molar-refractivity contribution in [3.05, 3.63) is 17.0 Å². The SMILES string of the molecule is Cc1nn(C)c(C(F)(F)F)c1CCN. The first-order valence-corrected chi connectivity index (χ1v) is 4.17. The number of hydrogen-bond donors (Lipinski definition) is 1. The Morgan fingerprint density at radius 3 is 2.43 bits per heavy atom. The molecule has 0 atom stereocenters. The van der Waals surface area contributed by atoms with Gasteiger partial charge in [-0.3, -0.25) is 4.68 Å². The Morgan fingerprint density at radius 1 is 1.43 bits per heavy atom. The molecule has 0 spiro atoms. The summed E-state index contributed by atoms with van der Waals surface area (Å²) in [6, 6.07) is 0. The molecule has 0 aliphatic carbocycles. The van der Waals surface area contributed by atoms with Crippen molar-refractivity contribution in [3.8, 4) is 0 Å². The van der Waals surface area contributed by atoms with Gasteiger partial charge in [-0.25, -0.2) is 0 Å². The summed E-state index contributed by atoms with van der Waals surface area (Å²) in [6.45, 7) is 1.75. The lowest BCUT2D eigenvalue weighted by molar-refractivity contribution is -0.144. The molecule has 0 radical (unpaired) electrons. The van der Waals surface area contributed by atoms with Crippen molar-refractivity contribution in [2.45, 2.75) is 19.5 Å². The molecule has 0 aliphatic rings. The molecule has 1 aromatic heterocycles. The molecular formula is C8H12F3N3. The number of aryl methyl sites for hydroxylation is 2. The molecular weight excluding hydrogens is 195 g/mol. The van der Waals surface area contributed by atoms with Crippen LogP contribution in [0, 0.1) is 6.92 Å². The Morgan fingerprint density at radius 2 is 2.00 bits per heavy atom. The molecule has 6 heteroatoms. The van der Waals surface area contributed by atoms with E-state index in [-0.39, 0.29) is 18.5 Å². The van der Waals surface area contributed by atoms with Crippen LogP contribution in [0.3, 0.4) is 0 Å². The van der Waals surface area contributed by atoms with E-state index in [2.05, 4.69) is 5.10 Å². The van der Waals surface area contributed by atoms with E-state index in [0.717, 1.165) is 4.68 Å². The first-order chi connectivity index (χ1) is 6.38. The first kappa shape index (κ1) is 11.0. The second kappa shape index (κ2) is 3.61. The monoisotopic (exact) mass is 207 g/mol. The molecule has 14 heavy (non-hydrogen) atoms. The van der Waals surface area contributed by atoms with Gasteiger partial charge in [-0.15, -0.1) is 0 Å². The van der Waals surface area contributed by atoms with E-state index in [0.29, 0.717) is 5.69 Å². The normalized spacial score (nSPS) is 12.1. The Hall–Kier alpha value is -1.04. The van der Waals surface area contributed by atoms with Gasteiger partial charge in [-0.1, -0.05) is 0 Å². The Labute approximate surface area is 79.7 Å². The van der Waals surface area contributed by atoms with E-state index in [9.17, 15) is 13.2 Å². The third-order valence-corrected chi connectivity index (χ3v) is 2.01. The summed E-state index contributed by atoms with van der Waals surface area (Å²) < 4.78 is 38.5. The summed E-state index contributed by atoms with van der Waals surface area (Å²) in [5, 5.41) is 3.74. The van der Waals surface area contributed by atoms with Crippen LogP contribution < -0.4 is 5.73 Å². The third-order valence-electron chi connectivity index (χ3n) is 2.01. The topological polar surface area (TPSA) is 43.8 Å². The number of nitrogens with two attached hydrogens (primary N) is 1. The van der Waals surface area contributed by atoms with Crippen LogP contribution in [0.4, 0.5) is 13.2 Å². The molecule has 0 aliphatic heterocycles. The fourth-order valence-corrected chi connectivity index (χ4v) is 1.50. The molecule has 1 aromatic rings. The second-order valence-corrected chi connectivity index (χ2v) is 3.07. The highest BCUT2D eigenvalue weighted by Gasteiger charge is 2.37. The summed E-state index contributed by atoms with van der Waals surface area (Å²) in [4.78, 5) is 0. The minimum absolute atomic E-state index is 0.190. The van der Waals surface area contributed by atoms with Crippen LogP contribution in [0.5, 0.6) is 0 Å². The van der Waals surface area contributed by atoms with Crippen LogP contribution in [-0.2, 0) is 19.6 Å². The Bertz CT molecular complexity index is 327. The zero-order chi connectivity index (χ0) is 10.9. The van der Waals surface area contributed by atoms with Crippen LogP contribution in [0.25, 0.3) is 0 Å². The number of aromatic nitrogens is 2. The van der Waals surface area contributed by atoms with Gasteiger partial charge in [0.25, 0.3) is 0 Å². The van der Waals surface area contributed by atoms with E-state index >= 15 is 0 Å². The largest absolute Gasteiger partial charge is 0.433 e. The maximum atomic E-state index is 12.5. The highest BCUT2D eigenvalue weighted by Crippen LogP contribution is 2.32. The van der Waals surface area contributed by atoms with Gasteiger partial charge in [0.1, 0.15) is 5.69 Å². The van der Waals surface area contributed by atoms with Crippen molar-refractivity contribution in [2.24, 2.45) is 12.8 Å². The molecule has 0 aromatic carbocycles. The summed E-state index contributed by atoms with van der Waals surface area (Å²) in [6.07, 6.45) is -4.16. The van der Waals surface area contributed by atoms with Crippen molar-refractivity contribution in [1.29, 1.82) is 0 Å². The van der Waals surface area contributed by atoms with E-state index in [1.807, 2.05) is 0 Å². The van der Waals surface area contributed by atoms with Crippen LogP contribution in [0.1, 0.15) is 17.0 Å². The second-order valence-electron chi connectivity index (χ2n) is 3.07. The Balaban J connectivity index is 3.25. The molecule has 0 unspecified atom stereocenters. The average molecular weight is 207 g/mol. The van der Waals surface area contributed by atoms with Crippen LogP contribution in [0.15, 0.2) is 0 Å². The summed E-state index contributed by atoms with van der Waals surface area (Å²) in [7, 11) is 1.29. The van der Waals surface area contributed by atoms with Crippen molar-refractivity contribution >= 4 is 0 Å². The van der Waals surface area contributed by atoms with Gasteiger partial charge in [0.05, 0.1) is 5.69 Å². The van der Waals surface area contributed by atoms with Gasteiger partial charge in [0, 0.05) is 12.6 Å². The van der Waals surface area contributed by atoms with E-state index in [4.69, 9.17) is 5.73 Å². The lowest BCUT2D eigenvalue weighted by Gasteiger charge is -2.09. The standard InChI is InChI=1S/C8H12F3N3/c1-5-6(3-4-12)7(8(9,10)11)14(2)13-5/h3-4,12H2,1-2H3. The van der Waals surface area contributed by atoms with E-state index in [1.54, 1.807) is 6.92 Å². The molecule has 0 bridgehead atoms. The van der Waals surface area contributed by atoms with Gasteiger partial charge >= 0.3 is 6.18 Å². The van der Waals surface area contributed by atoms with Crippen molar-refractivity contribution < 1.29 is 13.2 Å². The smallest absolute Gasteiger partial charge is 0.330 e. The maximum absolute atomic E-state index is 12.5. The fourth-order valence-electron chi connectivity index (χ4n) is 1.50. The molecule has 3 nitrogen and oxygen atoms in total. The maximum Gasteiger partial charge on any atom is 0.433 e. The van der Waals surface area contributed by atoms with E-state index in [1.165, 1.54) is 7.05 Å². The zero-order valence-corrected chi connectivity index (χ0v) is 8.02. The lowest BCUT2D eigenvalue weighted by Crippen LogP contribution is -2.16. The molecule has 2 N–H and O–H groups in total. The van der Waals surface area contributed by atoms with Crippen molar-refractivity contribution in [3.63, 3.8) is 0 Å². The van der Waals surface area contributed by atoms with Crippen LogP contribution >= 0.6 is 0 Å². The summed E-state index contributed by atoms with van der Waals surface area (Å²) in [5.41, 5.74) is 5.14. The van der Waals surface area contributed by atoms with Gasteiger partial charge < -0.3 is 5.73 Å². The lowest BCUT2D eigenvalue weighted by atomic mass is 10.1. The van der Waals surface area contributed by atoms with Crippen LogP contribution in [0.2, 0.25) is 0 Å². The minimum Gasteiger partial charge on any atom is -0.330 e. The van der Waals surface area contributed by atoms with Crippen LogP contribution in [-0.4, -0.2) is 16.3 Å². The molecule has 0 saturated carbocycles. The molecule has 0 fully saturated rings. The van der Waals surface area contributed by atoms with E-state index < -0.39 is 11.9 Å². The minimum atomic E-state index is -4.36. The van der Waals surface area contributed by atoms with Gasteiger partial charge in [0.15, 0.2) is 0 Å². The number of hydrogen-bond acceptors (Lipinski definition) is 2. The summed E-state index contributed by atoms with van der Waals surface area (Å²) in [5.74, 6) is 0. The first-order valence-electron chi connectivity index (χ1n) is 4.17. The summed E-state index contributed by atoms with van der Waals surface area (Å²) >= 11 is 0.